The van der Waals surface area contributed by atoms with Gasteiger partial charge >= 0.3 is 0 Å². The number of aromatic nitrogens is 2. The lowest BCUT2D eigenvalue weighted by Gasteiger charge is -2.00. The maximum Gasteiger partial charge on any atom is 0.251 e. The molecular weight excluding hydrogens is 192 g/mol. The fourth-order valence-corrected chi connectivity index (χ4v) is 1.47. The van der Waals surface area contributed by atoms with Crippen LogP contribution in [-0.2, 0) is 6.42 Å². The fraction of sp³-hybridized carbons (Fsp3) is 0.182. The molecule has 2 aromatic rings. The standard InChI is InChI=1S/C11H10N2O2/c1-2-8-4-9-10(13-11(8)15)3-7(6-14)5-12-9/h3-6H,2H2,1H3,(H,13,15). The highest BCUT2D eigenvalue weighted by molar-refractivity contribution is 5.83. The molecule has 2 heterocycles. The van der Waals surface area contributed by atoms with Crippen LogP contribution in [0.15, 0.2) is 23.1 Å². The molecule has 0 radical (unpaired) electrons. The first-order valence-corrected chi connectivity index (χ1v) is 4.71. The quantitative estimate of drug-likeness (QED) is 0.746. The van der Waals surface area contributed by atoms with Gasteiger partial charge in [0.1, 0.15) is 0 Å². The third-order valence-corrected chi connectivity index (χ3v) is 2.31. The van der Waals surface area contributed by atoms with E-state index in [0.717, 1.165) is 0 Å². The van der Waals surface area contributed by atoms with Gasteiger partial charge in [-0.2, -0.15) is 0 Å². The number of hydrogen-bond acceptors (Lipinski definition) is 3. The Bertz CT molecular complexity index is 572. The van der Waals surface area contributed by atoms with E-state index < -0.39 is 0 Å². The van der Waals surface area contributed by atoms with Gasteiger partial charge in [-0.15, -0.1) is 0 Å². The Morgan fingerprint density at radius 1 is 1.47 bits per heavy atom. The van der Waals surface area contributed by atoms with E-state index in [1.54, 1.807) is 12.1 Å². The molecule has 0 spiro atoms. The Balaban J connectivity index is 2.75. The molecular formula is C11H10N2O2. The number of hydrogen-bond donors (Lipinski definition) is 1. The number of aromatic amines is 1. The van der Waals surface area contributed by atoms with Crippen molar-refractivity contribution in [3.05, 3.63) is 39.8 Å². The number of aldehydes is 1. The molecule has 0 aromatic carbocycles. The van der Waals surface area contributed by atoms with Crippen LogP contribution in [0.1, 0.15) is 22.8 Å². The summed E-state index contributed by atoms with van der Waals surface area (Å²) in [5.41, 5.74) is 2.35. The van der Waals surface area contributed by atoms with E-state index in [4.69, 9.17) is 0 Å². The van der Waals surface area contributed by atoms with Crippen LogP contribution < -0.4 is 5.56 Å². The van der Waals surface area contributed by atoms with Crippen molar-refractivity contribution < 1.29 is 4.79 Å². The van der Waals surface area contributed by atoms with Crippen LogP contribution in [0.2, 0.25) is 0 Å². The molecule has 76 valence electrons. The number of carbonyl (C=O) groups is 1. The largest absolute Gasteiger partial charge is 0.320 e. The fourth-order valence-electron chi connectivity index (χ4n) is 1.47. The van der Waals surface area contributed by atoms with E-state index in [1.807, 2.05) is 6.92 Å². The number of rotatable bonds is 2. The predicted molar refractivity (Wildman–Crippen MR) is 57.1 cm³/mol. The molecule has 2 rings (SSSR count). The molecule has 0 bridgehead atoms. The maximum atomic E-state index is 11.5. The highest BCUT2D eigenvalue weighted by Gasteiger charge is 2.02. The molecule has 0 fully saturated rings. The van der Waals surface area contributed by atoms with Gasteiger partial charge in [0.2, 0.25) is 0 Å². The molecule has 15 heavy (non-hydrogen) atoms. The highest BCUT2D eigenvalue weighted by atomic mass is 16.1. The van der Waals surface area contributed by atoms with Crippen LogP contribution in [0.3, 0.4) is 0 Å². The second kappa shape index (κ2) is 3.65. The molecule has 2 aromatic heterocycles. The normalized spacial score (nSPS) is 10.5. The Hall–Kier alpha value is -1.97. The Morgan fingerprint density at radius 2 is 2.27 bits per heavy atom. The molecule has 0 aliphatic carbocycles. The molecule has 0 saturated heterocycles. The van der Waals surface area contributed by atoms with E-state index in [1.165, 1.54) is 6.20 Å². The summed E-state index contributed by atoms with van der Waals surface area (Å²) in [4.78, 5) is 28.8. The van der Waals surface area contributed by atoms with Gasteiger partial charge in [0.25, 0.3) is 5.56 Å². The summed E-state index contributed by atoms with van der Waals surface area (Å²) < 4.78 is 0. The zero-order valence-electron chi connectivity index (χ0n) is 8.28. The third kappa shape index (κ3) is 1.66. The zero-order valence-corrected chi connectivity index (χ0v) is 8.28. The summed E-state index contributed by atoms with van der Waals surface area (Å²) in [6.45, 7) is 1.91. The second-order valence-electron chi connectivity index (χ2n) is 3.30. The van der Waals surface area contributed by atoms with Crippen LogP contribution in [0.4, 0.5) is 0 Å². The number of fused-ring (bicyclic) bond motifs is 1. The molecule has 0 amide bonds. The minimum Gasteiger partial charge on any atom is -0.320 e. The van der Waals surface area contributed by atoms with Crippen LogP contribution in [-0.4, -0.2) is 16.3 Å². The van der Waals surface area contributed by atoms with Crippen molar-refractivity contribution >= 4 is 17.3 Å². The van der Waals surface area contributed by atoms with Crippen molar-refractivity contribution in [1.29, 1.82) is 0 Å². The van der Waals surface area contributed by atoms with Crippen molar-refractivity contribution in [3.8, 4) is 0 Å². The summed E-state index contributed by atoms with van der Waals surface area (Å²) in [6.07, 6.45) is 2.87. The van der Waals surface area contributed by atoms with Gasteiger partial charge in [0.15, 0.2) is 6.29 Å². The number of nitrogens with one attached hydrogen (secondary N) is 1. The average molecular weight is 202 g/mol. The number of carbonyl (C=O) groups excluding carboxylic acids is 1. The summed E-state index contributed by atoms with van der Waals surface area (Å²) in [5.74, 6) is 0. The summed E-state index contributed by atoms with van der Waals surface area (Å²) >= 11 is 0. The number of H-pyrrole nitrogens is 1. The van der Waals surface area contributed by atoms with Gasteiger partial charge in [-0.25, -0.2) is 0 Å². The Morgan fingerprint density at radius 3 is 2.93 bits per heavy atom. The van der Waals surface area contributed by atoms with Crippen molar-refractivity contribution in [3.63, 3.8) is 0 Å². The minimum absolute atomic E-state index is 0.116. The minimum atomic E-state index is -0.116. The second-order valence-corrected chi connectivity index (χ2v) is 3.30. The maximum absolute atomic E-state index is 11.5. The first-order valence-electron chi connectivity index (χ1n) is 4.71. The molecule has 0 saturated carbocycles. The Kier molecular flexibility index (Phi) is 2.33. The molecule has 0 aliphatic heterocycles. The first kappa shape index (κ1) is 9.58. The van der Waals surface area contributed by atoms with Crippen LogP contribution in [0, 0.1) is 0 Å². The van der Waals surface area contributed by atoms with E-state index in [0.29, 0.717) is 34.9 Å². The van der Waals surface area contributed by atoms with Gasteiger partial charge in [-0.3, -0.25) is 14.6 Å². The van der Waals surface area contributed by atoms with Gasteiger partial charge < -0.3 is 4.98 Å². The SMILES string of the molecule is CCc1cc2ncc(C=O)cc2[nH]c1=O. The highest BCUT2D eigenvalue weighted by Crippen LogP contribution is 2.09. The molecule has 0 atom stereocenters. The lowest BCUT2D eigenvalue weighted by Crippen LogP contribution is -2.11. The number of aryl methyl sites for hydroxylation is 1. The van der Waals surface area contributed by atoms with E-state index in [2.05, 4.69) is 9.97 Å². The first-order chi connectivity index (χ1) is 7.24. The molecule has 0 aliphatic rings. The van der Waals surface area contributed by atoms with E-state index >= 15 is 0 Å². The molecule has 1 N–H and O–H groups in total. The van der Waals surface area contributed by atoms with Crippen LogP contribution in [0.5, 0.6) is 0 Å². The summed E-state index contributed by atoms with van der Waals surface area (Å²) in [5, 5.41) is 0. The third-order valence-electron chi connectivity index (χ3n) is 2.31. The van der Waals surface area contributed by atoms with E-state index in [9.17, 15) is 9.59 Å². The van der Waals surface area contributed by atoms with Crippen molar-refractivity contribution in [2.75, 3.05) is 0 Å². The topological polar surface area (TPSA) is 62.8 Å². The Labute approximate surface area is 86.0 Å². The van der Waals surface area contributed by atoms with Gasteiger partial charge in [0.05, 0.1) is 11.0 Å². The lowest BCUT2D eigenvalue weighted by molar-refractivity contribution is 0.112. The molecule has 4 heteroatoms. The summed E-state index contributed by atoms with van der Waals surface area (Å²) in [6, 6.07) is 3.37. The van der Waals surface area contributed by atoms with E-state index in [-0.39, 0.29) is 5.56 Å². The average Bonchev–Trinajstić information content (AvgIpc) is 2.27. The van der Waals surface area contributed by atoms with Crippen LogP contribution in [0.25, 0.3) is 11.0 Å². The lowest BCUT2D eigenvalue weighted by atomic mass is 10.2. The predicted octanol–water partition coefficient (Wildman–Crippen LogP) is 1.30. The number of pyridine rings is 2. The van der Waals surface area contributed by atoms with Gasteiger partial charge in [-0.05, 0) is 18.6 Å². The van der Waals surface area contributed by atoms with Crippen molar-refractivity contribution in [2.45, 2.75) is 13.3 Å². The molecule has 4 nitrogen and oxygen atoms in total. The monoisotopic (exact) mass is 202 g/mol. The smallest absolute Gasteiger partial charge is 0.251 e. The van der Waals surface area contributed by atoms with Crippen molar-refractivity contribution in [2.24, 2.45) is 0 Å². The summed E-state index contributed by atoms with van der Waals surface area (Å²) in [7, 11) is 0. The van der Waals surface area contributed by atoms with Gasteiger partial charge in [0, 0.05) is 17.3 Å². The zero-order chi connectivity index (χ0) is 10.8. The molecule has 0 unspecified atom stereocenters. The van der Waals surface area contributed by atoms with Crippen molar-refractivity contribution in [1.82, 2.24) is 9.97 Å². The van der Waals surface area contributed by atoms with Gasteiger partial charge in [-0.1, -0.05) is 6.92 Å². The number of nitrogens with zero attached hydrogens (tertiary/aromatic N) is 1. The van der Waals surface area contributed by atoms with Crippen LogP contribution >= 0.6 is 0 Å².